The van der Waals surface area contributed by atoms with Gasteiger partial charge in [0.25, 0.3) is 5.91 Å². The van der Waals surface area contributed by atoms with Crippen LogP contribution >= 0.6 is 0 Å². The number of nitrogens with one attached hydrogen (secondary N) is 1. The van der Waals surface area contributed by atoms with Gasteiger partial charge in [-0.3, -0.25) is 9.78 Å². The molecule has 0 radical (unpaired) electrons. The number of fused-ring (bicyclic) bond motifs is 2. The normalized spacial score (nSPS) is 16.2. The van der Waals surface area contributed by atoms with Gasteiger partial charge in [0.05, 0.1) is 6.04 Å². The first-order valence-electron chi connectivity index (χ1n) is 8.65. The number of hydrogen-bond acceptors (Lipinski definition) is 3. The Labute approximate surface area is 146 Å². The lowest BCUT2D eigenvalue weighted by atomic mass is 9.88. The summed E-state index contributed by atoms with van der Waals surface area (Å²) >= 11 is 0. The van der Waals surface area contributed by atoms with E-state index in [0.717, 1.165) is 30.2 Å². The van der Waals surface area contributed by atoms with Crippen molar-refractivity contribution in [1.29, 1.82) is 0 Å². The van der Waals surface area contributed by atoms with Crippen LogP contribution in [0.1, 0.15) is 30.0 Å². The Morgan fingerprint density at radius 1 is 1.12 bits per heavy atom. The van der Waals surface area contributed by atoms with Gasteiger partial charge in [-0.1, -0.05) is 42.5 Å². The molecular weight excluding hydrogens is 312 g/mol. The van der Waals surface area contributed by atoms with Gasteiger partial charge in [-0.05, 0) is 42.5 Å². The largest absolute Gasteiger partial charge is 0.481 e. The predicted molar refractivity (Wildman–Crippen MR) is 97.5 cm³/mol. The zero-order valence-corrected chi connectivity index (χ0v) is 13.9. The van der Waals surface area contributed by atoms with Crippen molar-refractivity contribution in [2.75, 3.05) is 6.61 Å². The summed E-state index contributed by atoms with van der Waals surface area (Å²) in [4.78, 5) is 16.7. The molecule has 0 fully saturated rings. The summed E-state index contributed by atoms with van der Waals surface area (Å²) in [5.41, 5.74) is 3.34. The number of para-hydroxylation sites is 1. The molecule has 0 bridgehead atoms. The van der Waals surface area contributed by atoms with E-state index in [1.54, 1.807) is 6.20 Å². The van der Waals surface area contributed by atoms with E-state index in [0.29, 0.717) is 5.75 Å². The van der Waals surface area contributed by atoms with Crippen molar-refractivity contribution in [3.63, 3.8) is 0 Å². The zero-order valence-electron chi connectivity index (χ0n) is 13.9. The van der Waals surface area contributed by atoms with Crippen LogP contribution in [-0.2, 0) is 11.2 Å². The number of aryl methyl sites for hydroxylation is 1. The van der Waals surface area contributed by atoms with Crippen molar-refractivity contribution in [2.45, 2.75) is 25.3 Å². The van der Waals surface area contributed by atoms with E-state index in [1.807, 2.05) is 36.4 Å². The monoisotopic (exact) mass is 332 g/mol. The number of nitrogens with zero attached hydrogens (tertiary/aromatic N) is 1. The van der Waals surface area contributed by atoms with Crippen LogP contribution in [0.15, 0.2) is 60.8 Å². The topological polar surface area (TPSA) is 51.2 Å². The van der Waals surface area contributed by atoms with E-state index >= 15 is 0 Å². The quantitative estimate of drug-likeness (QED) is 0.790. The molecule has 25 heavy (non-hydrogen) atoms. The lowest BCUT2D eigenvalue weighted by Crippen LogP contribution is -2.34. The molecule has 0 saturated carbocycles. The summed E-state index contributed by atoms with van der Waals surface area (Å²) in [7, 11) is 0. The molecule has 2 aromatic carbocycles. The Hall–Kier alpha value is -2.88. The number of aromatic nitrogens is 1. The van der Waals surface area contributed by atoms with Crippen molar-refractivity contribution in [1.82, 2.24) is 10.3 Å². The minimum absolute atomic E-state index is 0.00560. The van der Waals surface area contributed by atoms with E-state index in [1.165, 1.54) is 11.1 Å². The summed E-state index contributed by atoms with van der Waals surface area (Å²) in [6, 6.07) is 18.0. The Balaban J connectivity index is 1.43. The fourth-order valence-corrected chi connectivity index (χ4v) is 3.48. The molecule has 1 atom stereocenters. The smallest absolute Gasteiger partial charge is 0.258 e. The number of benzene rings is 2. The Morgan fingerprint density at radius 3 is 2.96 bits per heavy atom. The average molecular weight is 332 g/mol. The maximum Gasteiger partial charge on any atom is 0.258 e. The third-order valence-electron chi connectivity index (χ3n) is 4.66. The maximum atomic E-state index is 12.4. The van der Waals surface area contributed by atoms with Gasteiger partial charge in [-0.25, -0.2) is 0 Å². The van der Waals surface area contributed by atoms with E-state index in [9.17, 15) is 4.79 Å². The van der Waals surface area contributed by atoms with Crippen LogP contribution < -0.4 is 10.1 Å². The lowest BCUT2D eigenvalue weighted by molar-refractivity contribution is -0.123. The second kappa shape index (κ2) is 6.93. The highest BCUT2D eigenvalue weighted by Gasteiger charge is 2.21. The molecule has 0 aliphatic heterocycles. The minimum atomic E-state index is -0.102. The summed E-state index contributed by atoms with van der Waals surface area (Å²) in [6.45, 7) is -0.00560. The highest BCUT2D eigenvalue weighted by atomic mass is 16.5. The molecule has 1 aliphatic carbocycles. The first kappa shape index (κ1) is 15.6. The van der Waals surface area contributed by atoms with Crippen molar-refractivity contribution in [2.24, 2.45) is 0 Å². The summed E-state index contributed by atoms with van der Waals surface area (Å²) in [5.74, 6) is 0.534. The van der Waals surface area contributed by atoms with Crippen LogP contribution in [0, 0.1) is 0 Å². The SMILES string of the molecule is O=C(COc1cccc2cccnc12)N[C@H]1CCCc2ccccc21. The Bertz CT molecular complexity index is 902. The molecule has 4 heteroatoms. The van der Waals surface area contributed by atoms with Gasteiger partial charge in [0.15, 0.2) is 6.61 Å². The summed E-state index contributed by atoms with van der Waals surface area (Å²) in [5, 5.41) is 4.11. The van der Waals surface area contributed by atoms with Gasteiger partial charge < -0.3 is 10.1 Å². The highest BCUT2D eigenvalue weighted by molar-refractivity contribution is 5.85. The van der Waals surface area contributed by atoms with Crippen LogP contribution in [0.4, 0.5) is 0 Å². The number of carbonyl (C=O) groups excluding carboxylic acids is 1. The first-order valence-corrected chi connectivity index (χ1v) is 8.65. The van der Waals surface area contributed by atoms with Crippen LogP contribution in [0.3, 0.4) is 0 Å². The molecular formula is C21H20N2O2. The number of rotatable bonds is 4. The van der Waals surface area contributed by atoms with E-state index in [2.05, 4.69) is 28.5 Å². The summed E-state index contributed by atoms with van der Waals surface area (Å²) < 4.78 is 5.74. The molecule has 1 heterocycles. The standard InChI is InChI=1S/C21H20N2O2/c24-20(23-18-11-3-7-15-6-1-2-10-17(15)18)14-25-19-12-4-8-16-9-5-13-22-21(16)19/h1-2,4-6,8-10,12-13,18H,3,7,11,14H2,(H,23,24)/t18-/m0/s1. The number of pyridine rings is 1. The van der Waals surface area contributed by atoms with Crippen LogP contribution in [0.2, 0.25) is 0 Å². The van der Waals surface area contributed by atoms with Crippen LogP contribution in [0.25, 0.3) is 10.9 Å². The first-order chi connectivity index (χ1) is 12.3. The van der Waals surface area contributed by atoms with Gasteiger partial charge in [0.1, 0.15) is 11.3 Å². The molecule has 4 rings (SSSR count). The van der Waals surface area contributed by atoms with Crippen molar-refractivity contribution in [3.05, 3.63) is 71.9 Å². The van der Waals surface area contributed by atoms with Gasteiger partial charge in [0, 0.05) is 11.6 Å². The molecule has 4 nitrogen and oxygen atoms in total. The highest BCUT2D eigenvalue weighted by Crippen LogP contribution is 2.29. The molecule has 0 saturated heterocycles. The van der Waals surface area contributed by atoms with Crippen molar-refractivity contribution < 1.29 is 9.53 Å². The van der Waals surface area contributed by atoms with Crippen molar-refractivity contribution >= 4 is 16.8 Å². The van der Waals surface area contributed by atoms with Crippen LogP contribution in [-0.4, -0.2) is 17.5 Å². The van der Waals surface area contributed by atoms with E-state index < -0.39 is 0 Å². The lowest BCUT2D eigenvalue weighted by Gasteiger charge is -2.26. The average Bonchev–Trinajstić information content (AvgIpc) is 2.66. The van der Waals surface area contributed by atoms with Crippen molar-refractivity contribution in [3.8, 4) is 5.75 Å². The molecule has 126 valence electrons. The van der Waals surface area contributed by atoms with E-state index in [-0.39, 0.29) is 18.6 Å². The third-order valence-corrected chi connectivity index (χ3v) is 4.66. The molecule has 0 spiro atoms. The van der Waals surface area contributed by atoms with Gasteiger partial charge in [0.2, 0.25) is 0 Å². The Kier molecular flexibility index (Phi) is 4.34. The van der Waals surface area contributed by atoms with Gasteiger partial charge >= 0.3 is 0 Å². The summed E-state index contributed by atoms with van der Waals surface area (Å²) in [6.07, 6.45) is 4.88. The number of hydrogen-bond donors (Lipinski definition) is 1. The molecule has 0 unspecified atom stereocenters. The fourth-order valence-electron chi connectivity index (χ4n) is 3.48. The second-order valence-electron chi connectivity index (χ2n) is 6.33. The molecule has 1 N–H and O–H groups in total. The fraction of sp³-hybridized carbons (Fsp3) is 0.238. The Morgan fingerprint density at radius 2 is 2.00 bits per heavy atom. The molecule has 1 aromatic heterocycles. The van der Waals surface area contributed by atoms with Gasteiger partial charge in [-0.2, -0.15) is 0 Å². The number of carbonyl (C=O) groups is 1. The molecule has 3 aromatic rings. The maximum absolute atomic E-state index is 12.4. The van der Waals surface area contributed by atoms with E-state index in [4.69, 9.17) is 4.74 Å². The number of amides is 1. The molecule has 1 aliphatic rings. The van der Waals surface area contributed by atoms with Gasteiger partial charge in [-0.15, -0.1) is 0 Å². The predicted octanol–water partition coefficient (Wildman–Crippen LogP) is 3.81. The number of ether oxygens (including phenoxy) is 1. The minimum Gasteiger partial charge on any atom is -0.481 e. The van der Waals surface area contributed by atoms with Crippen LogP contribution in [0.5, 0.6) is 5.75 Å². The third kappa shape index (κ3) is 3.33. The molecule has 1 amide bonds. The zero-order chi connectivity index (χ0) is 17.1. The second-order valence-corrected chi connectivity index (χ2v) is 6.33.